The third-order valence-electron chi connectivity index (χ3n) is 2.52. The molecule has 2 fully saturated rings. The molecule has 4 heteroatoms. The molecule has 2 rings (SSSR count). The minimum atomic E-state index is -0.219. The fourth-order valence-electron chi connectivity index (χ4n) is 1.99. The van der Waals surface area contributed by atoms with E-state index >= 15 is 0 Å². The van der Waals surface area contributed by atoms with Crippen LogP contribution in [0.3, 0.4) is 0 Å². The van der Waals surface area contributed by atoms with Crippen molar-refractivity contribution >= 4 is 0 Å². The number of ether oxygens (including phenoxy) is 2. The highest BCUT2D eigenvalue weighted by molar-refractivity contribution is 4.80. The van der Waals surface area contributed by atoms with Crippen molar-refractivity contribution in [1.82, 2.24) is 4.90 Å². The van der Waals surface area contributed by atoms with Gasteiger partial charge in [0, 0.05) is 19.6 Å². The zero-order chi connectivity index (χ0) is 9.10. The summed E-state index contributed by atoms with van der Waals surface area (Å²) in [5, 5.41) is 0. The van der Waals surface area contributed by atoms with E-state index in [1.54, 1.807) is 0 Å². The summed E-state index contributed by atoms with van der Waals surface area (Å²) in [6, 6.07) is 0. The molecule has 2 aliphatic heterocycles. The van der Waals surface area contributed by atoms with Crippen LogP contribution in [-0.2, 0) is 9.47 Å². The first kappa shape index (κ1) is 9.37. The van der Waals surface area contributed by atoms with Gasteiger partial charge < -0.3 is 9.47 Å². The molecular formula is C9H16FNO2. The van der Waals surface area contributed by atoms with Crippen LogP contribution in [-0.4, -0.2) is 56.6 Å². The van der Waals surface area contributed by atoms with Crippen molar-refractivity contribution in [2.24, 2.45) is 0 Å². The van der Waals surface area contributed by atoms with E-state index in [4.69, 9.17) is 9.47 Å². The predicted molar refractivity (Wildman–Crippen MR) is 46.5 cm³/mol. The van der Waals surface area contributed by atoms with Crippen LogP contribution in [0, 0.1) is 0 Å². The first-order valence-electron chi connectivity index (χ1n) is 4.90. The standard InChI is InChI=1S/C9H16FNO2/c10-2-1-3-11-4-8-6-12-7-9(5-11)13-8/h8-9H,1-7H2. The van der Waals surface area contributed by atoms with Crippen LogP contribution in [0.15, 0.2) is 0 Å². The SMILES string of the molecule is FCCCN1CC2COCC(C1)O2. The molecule has 2 heterocycles. The number of rotatable bonds is 3. The van der Waals surface area contributed by atoms with Gasteiger partial charge in [-0.3, -0.25) is 9.29 Å². The Morgan fingerprint density at radius 3 is 2.54 bits per heavy atom. The summed E-state index contributed by atoms with van der Waals surface area (Å²) in [5.74, 6) is 0. The normalized spacial score (nSPS) is 34.8. The van der Waals surface area contributed by atoms with Crippen molar-refractivity contribution in [2.75, 3.05) is 39.5 Å². The Labute approximate surface area is 77.8 Å². The molecular weight excluding hydrogens is 173 g/mol. The molecule has 2 aliphatic rings. The van der Waals surface area contributed by atoms with Crippen molar-refractivity contribution in [3.8, 4) is 0 Å². The maximum Gasteiger partial charge on any atom is 0.0940 e. The Hall–Kier alpha value is -0.190. The fraction of sp³-hybridized carbons (Fsp3) is 1.00. The summed E-state index contributed by atoms with van der Waals surface area (Å²) >= 11 is 0. The van der Waals surface area contributed by atoms with Crippen LogP contribution >= 0.6 is 0 Å². The lowest BCUT2D eigenvalue weighted by Gasteiger charge is -2.41. The largest absolute Gasteiger partial charge is 0.376 e. The number of morpholine rings is 1. The molecule has 0 aliphatic carbocycles. The van der Waals surface area contributed by atoms with E-state index in [1.165, 1.54) is 0 Å². The lowest BCUT2D eigenvalue weighted by atomic mass is 10.2. The second-order valence-electron chi connectivity index (χ2n) is 3.72. The number of alkyl halides is 1. The molecule has 2 unspecified atom stereocenters. The minimum Gasteiger partial charge on any atom is -0.376 e. The smallest absolute Gasteiger partial charge is 0.0940 e. The number of fused-ring (bicyclic) bond motifs is 2. The molecule has 0 aromatic rings. The molecule has 2 atom stereocenters. The quantitative estimate of drug-likeness (QED) is 0.643. The number of hydrogen-bond acceptors (Lipinski definition) is 3. The molecule has 0 aromatic carbocycles. The molecule has 0 radical (unpaired) electrons. The predicted octanol–water partition coefficient (Wildman–Crippen LogP) is 0.446. The summed E-state index contributed by atoms with van der Waals surface area (Å²) in [5.41, 5.74) is 0. The summed E-state index contributed by atoms with van der Waals surface area (Å²) in [6.07, 6.45) is 1.07. The molecule has 0 N–H and O–H groups in total. The van der Waals surface area contributed by atoms with Crippen molar-refractivity contribution in [1.29, 1.82) is 0 Å². The lowest BCUT2D eigenvalue weighted by Crippen LogP contribution is -2.54. The Morgan fingerprint density at radius 1 is 1.23 bits per heavy atom. The van der Waals surface area contributed by atoms with Crippen LogP contribution in [0.5, 0.6) is 0 Å². The molecule has 0 amide bonds. The molecule has 13 heavy (non-hydrogen) atoms. The molecule has 2 bridgehead atoms. The van der Waals surface area contributed by atoms with Gasteiger partial charge in [-0.2, -0.15) is 0 Å². The number of nitrogens with zero attached hydrogens (tertiary/aromatic N) is 1. The molecule has 0 saturated carbocycles. The monoisotopic (exact) mass is 189 g/mol. The van der Waals surface area contributed by atoms with Gasteiger partial charge in [-0.1, -0.05) is 0 Å². The average Bonchev–Trinajstić information content (AvgIpc) is 2.14. The summed E-state index contributed by atoms with van der Waals surface area (Å²) in [4.78, 5) is 2.28. The maximum atomic E-state index is 12.0. The minimum absolute atomic E-state index is 0.215. The number of halogens is 1. The van der Waals surface area contributed by atoms with E-state index in [1.807, 2.05) is 0 Å². The van der Waals surface area contributed by atoms with Crippen LogP contribution < -0.4 is 0 Å². The highest BCUT2D eigenvalue weighted by Gasteiger charge is 2.31. The second-order valence-corrected chi connectivity index (χ2v) is 3.72. The van der Waals surface area contributed by atoms with E-state index in [0.29, 0.717) is 19.6 Å². The van der Waals surface area contributed by atoms with Gasteiger partial charge in [0.1, 0.15) is 0 Å². The Balaban J connectivity index is 1.80. The van der Waals surface area contributed by atoms with E-state index in [-0.39, 0.29) is 18.9 Å². The average molecular weight is 189 g/mol. The Kier molecular flexibility index (Phi) is 3.14. The topological polar surface area (TPSA) is 21.7 Å². The zero-order valence-corrected chi connectivity index (χ0v) is 7.75. The van der Waals surface area contributed by atoms with Gasteiger partial charge in [0.05, 0.1) is 32.1 Å². The first-order chi connectivity index (χ1) is 6.38. The summed E-state index contributed by atoms with van der Waals surface area (Å²) in [7, 11) is 0. The van der Waals surface area contributed by atoms with E-state index in [2.05, 4.69) is 4.90 Å². The highest BCUT2D eigenvalue weighted by Crippen LogP contribution is 2.16. The van der Waals surface area contributed by atoms with Gasteiger partial charge in [-0.05, 0) is 6.42 Å². The molecule has 2 saturated heterocycles. The van der Waals surface area contributed by atoms with Gasteiger partial charge in [-0.25, -0.2) is 0 Å². The Morgan fingerprint density at radius 2 is 1.92 bits per heavy atom. The zero-order valence-electron chi connectivity index (χ0n) is 7.75. The van der Waals surface area contributed by atoms with Gasteiger partial charge in [-0.15, -0.1) is 0 Å². The van der Waals surface area contributed by atoms with Crippen LogP contribution in [0.4, 0.5) is 4.39 Å². The third-order valence-corrected chi connectivity index (χ3v) is 2.52. The molecule has 0 spiro atoms. The van der Waals surface area contributed by atoms with Gasteiger partial charge in [0.2, 0.25) is 0 Å². The second kappa shape index (κ2) is 4.35. The fourth-order valence-corrected chi connectivity index (χ4v) is 1.99. The maximum absolute atomic E-state index is 12.0. The van der Waals surface area contributed by atoms with Crippen LogP contribution in [0.2, 0.25) is 0 Å². The summed E-state index contributed by atoms with van der Waals surface area (Å²) in [6.45, 7) is 3.83. The molecule has 0 aromatic heterocycles. The van der Waals surface area contributed by atoms with Crippen molar-refractivity contribution in [3.05, 3.63) is 0 Å². The Bertz CT molecular complexity index is 156. The molecule has 76 valence electrons. The van der Waals surface area contributed by atoms with Crippen LogP contribution in [0.1, 0.15) is 6.42 Å². The van der Waals surface area contributed by atoms with Gasteiger partial charge in [0.25, 0.3) is 0 Å². The van der Waals surface area contributed by atoms with E-state index < -0.39 is 0 Å². The van der Waals surface area contributed by atoms with E-state index in [0.717, 1.165) is 19.6 Å². The lowest BCUT2D eigenvalue weighted by molar-refractivity contribution is -0.179. The first-order valence-corrected chi connectivity index (χ1v) is 4.90. The van der Waals surface area contributed by atoms with Crippen molar-refractivity contribution < 1.29 is 13.9 Å². The van der Waals surface area contributed by atoms with Crippen molar-refractivity contribution in [3.63, 3.8) is 0 Å². The number of hydrogen-bond donors (Lipinski definition) is 0. The van der Waals surface area contributed by atoms with Crippen LogP contribution in [0.25, 0.3) is 0 Å². The van der Waals surface area contributed by atoms with Gasteiger partial charge >= 0.3 is 0 Å². The van der Waals surface area contributed by atoms with Crippen molar-refractivity contribution in [2.45, 2.75) is 18.6 Å². The van der Waals surface area contributed by atoms with E-state index in [9.17, 15) is 4.39 Å². The third kappa shape index (κ3) is 2.39. The highest BCUT2D eigenvalue weighted by atomic mass is 19.1. The summed E-state index contributed by atoms with van der Waals surface area (Å²) < 4.78 is 23.0. The molecule has 3 nitrogen and oxygen atoms in total. The van der Waals surface area contributed by atoms with Gasteiger partial charge in [0.15, 0.2) is 0 Å².